The molecule has 2 heteroatoms. The van der Waals surface area contributed by atoms with E-state index in [0.717, 1.165) is 41.9 Å². The number of hydrogen-bond acceptors (Lipinski definition) is 2. The van der Waals surface area contributed by atoms with E-state index < -0.39 is 0 Å². The minimum Gasteiger partial charge on any atom is -0.317 e. The molecule has 0 aromatic carbocycles. The van der Waals surface area contributed by atoms with Crippen molar-refractivity contribution in [3.63, 3.8) is 0 Å². The van der Waals surface area contributed by atoms with Gasteiger partial charge in [-0.1, -0.05) is 32.9 Å². The first-order chi connectivity index (χ1) is 13.9. The molecular formula is C27H43NO. The first-order valence-electron chi connectivity index (χ1n) is 12.8. The highest BCUT2D eigenvalue weighted by molar-refractivity contribution is 5.87. The van der Waals surface area contributed by atoms with Gasteiger partial charge in [0.15, 0.2) is 0 Å². The van der Waals surface area contributed by atoms with Crippen molar-refractivity contribution in [1.82, 2.24) is 5.32 Å². The van der Waals surface area contributed by atoms with Crippen LogP contribution in [-0.4, -0.2) is 18.9 Å². The summed E-state index contributed by atoms with van der Waals surface area (Å²) in [4.78, 5) is 12.7. The molecule has 5 rings (SSSR count). The predicted octanol–water partition coefficient (Wildman–Crippen LogP) is 6.02. The van der Waals surface area contributed by atoms with Crippen molar-refractivity contribution in [3.8, 4) is 0 Å². The molecule has 0 spiro atoms. The quantitative estimate of drug-likeness (QED) is 0.578. The smallest absolute Gasteiger partial charge is 0.139 e. The molecule has 2 nitrogen and oxygen atoms in total. The zero-order valence-electron chi connectivity index (χ0n) is 19.1. The first-order valence-corrected chi connectivity index (χ1v) is 12.8. The normalized spacial score (nSPS) is 50.9. The number of fused-ring (bicyclic) bond motifs is 5. The van der Waals surface area contributed by atoms with E-state index in [-0.39, 0.29) is 5.41 Å². The molecule has 162 valence electrons. The molecule has 8 atom stereocenters. The van der Waals surface area contributed by atoms with Crippen molar-refractivity contribution in [2.45, 2.75) is 85.0 Å². The third-order valence-corrected chi connectivity index (χ3v) is 10.8. The van der Waals surface area contributed by atoms with E-state index in [1.54, 1.807) is 0 Å². The van der Waals surface area contributed by atoms with Crippen molar-refractivity contribution in [3.05, 3.63) is 12.2 Å². The summed E-state index contributed by atoms with van der Waals surface area (Å²) in [5, 5.41) is 3.49. The van der Waals surface area contributed by atoms with E-state index in [1.165, 1.54) is 70.9 Å². The first kappa shape index (κ1) is 20.3. The number of nitrogens with one attached hydrogen (secondary N) is 1. The highest BCUT2D eigenvalue weighted by Crippen LogP contribution is 2.67. The van der Waals surface area contributed by atoms with E-state index in [9.17, 15) is 4.79 Å². The van der Waals surface area contributed by atoms with E-state index in [1.807, 2.05) is 0 Å². The summed E-state index contributed by atoms with van der Waals surface area (Å²) in [6.45, 7) is 9.94. The fourth-order valence-corrected chi connectivity index (χ4v) is 9.06. The van der Waals surface area contributed by atoms with Crippen LogP contribution in [-0.2, 0) is 4.79 Å². The summed E-state index contributed by atoms with van der Waals surface area (Å²) in [7, 11) is 0. The Morgan fingerprint density at radius 3 is 2.41 bits per heavy atom. The van der Waals surface area contributed by atoms with Crippen LogP contribution in [0.4, 0.5) is 0 Å². The van der Waals surface area contributed by atoms with Gasteiger partial charge in [-0.2, -0.15) is 0 Å². The van der Waals surface area contributed by atoms with Crippen LogP contribution in [0.15, 0.2) is 12.2 Å². The molecular weight excluding hydrogens is 354 g/mol. The average Bonchev–Trinajstić information content (AvgIpc) is 3.03. The molecule has 0 aromatic rings. The molecule has 1 aliphatic heterocycles. The molecule has 1 N–H and O–H groups in total. The minimum absolute atomic E-state index is 0.0267. The molecule has 0 amide bonds. The van der Waals surface area contributed by atoms with E-state index >= 15 is 0 Å². The zero-order valence-corrected chi connectivity index (χ0v) is 19.1. The van der Waals surface area contributed by atoms with Gasteiger partial charge in [-0.05, 0) is 118 Å². The Morgan fingerprint density at radius 1 is 0.862 bits per heavy atom. The van der Waals surface area contributed by atoms with Crippen LogP contribution in [0.5, 0.6) is 0 Å². The van der Waals surface area contributed by atoms with E-state index in [4.69, 9.17) is 0 Å². The Labute approximate surface area is 178 Å². The lowest BCUT2D eigenvalue weighted by Crippen LogP contribution is -2.55. The van der Waals surface area contributed by atoms with Gasteiger partial charge in [0.25, 0.3) is 0 Å². The SMILES string of the molecule is C[C@H]1C[C@@H]2[C@H](CC[C@]3(C)C(=O)CC[C@@H]23)[C@@]2(C)CC[C@@H](/C=C\C3CCNCC3)CC12. The summed E-state index contributed by atoms with van der Waals surface area (Å²) >= 11 is 0. The topological polar surface area (TPSA) is 29.1 Å². The number of carbonyl (C=O) groups is 1. The predicted molar refractivity (Wildman–Crippen MR) is 120 cm³/mol. The van der Waals surface area contributed by atoms with Crippen molar-refractivity contribution in [2.75, 3.05) is 13.1 Å². The molecule has 5 fully saturated rings. The number of carbonyl (C=O) groups excluding carboxylic acids is 1. The number of rotatable bonds is 2. The number of piperidine rings is 1. The lowest BCUT2D eigenvalue weighted by molar-refractivity contribution is -0.146. The van der Waals surface area contributed by atoms with Gasteiger partial charge in [0, 0.05) is 11.8 Å². The number of hydrogen-bond donors (Lipinski definition) is 1. The Balaban J connectivity index is 1.31. The molecule has 1 unspecified atom stereocenters. The fraction of sp³-hybridized carbons (Fsp3) is 0.889. The monoisotopic (exact) mass is 397 g/mol. The Bertz CT molecular complexity index is 663. The fourth-order valence-electron chi connectivity index (χ4n) is 9.06. The van der Waals surface area contributed by atoms with Gasteiger partial charge in [0.2, 0.25) is 0 Å². The third kappa shape index (κ3) is 3.27. The maximum absolute atomic E-state index is 12.7. The Hall–Kier alpha value is -0.630. The van der Waals surface area contributed by atoms with Crippen LogP contribution in [0.1, 0.15) is 85.0 Å². The second-order valence-corrected chi connectivity index (χ2v) is 12.1. The third-order valence-electron chi connectivity index (χ3n) is 10.8. The zero-order chi connectivity index (χ0) is 20.2. The molecule has 0 bridgehead atoms. The van der Waals surface area contributed by atoms with Gasteiger partial charge in [0.1, 0.15) is 5.78 Å². The van der Waals surface area contributed by atoms with Crippen LogP contribution < -0.4 is 5.32 Å². The van der Waals surface area contributed by atoms with Crippen molar-refractivity contribution in [2.24, 2.45) is 52.3 Å². The molecule has 1 saturated heterocycles. The summed E-state index contributed by atoms with van der Waals surface area (Å²) in [5.74, 6) is 6.31. The standard InChI is InChI=1S/C27H43NO/c1-18-16-21-22-6-7-25(29)27(22,3)13-9-23(21)26(2)12-8-20(17-24(18)26)5-4-19-10-14-28-15-11-19/h4-5,18-24,28H,6-17H2,1-3H3/b5-4-/t18-,20+,21-,22-,23-,24?,26+,27-/m0/s1. The Kier molecular flexibility index (Phi) is 5.25. The lowest BCUT2D eigenvalue weighted by Gasteiger charge is -2.62. The van der Waals surface area contributed by atoms with Gasteiger partial charge >= 0.3 is 0 Å². The van der Waals surface area contributed by atoms with Crippen molar-refractivity contribution in [1.29, 1.82) is 0 Å². The van der Waals surface area contributed by atoms with E-state index in [0.29, 0.717) is 17.1 Å². The molecule has 4 saturated carbocycles. The molecule has 29 heavy (non-hydrogen) atoms. The van der Waals surface area contributed by atoms with Gasteiger partial charge in [-0.25, -0.2) is 0 Å². The summed E-state index contributed by atoms with van der Waals surface area (Å²) in [6, 6.07) is 0. The summed E-state index contributed by atoms with van der Waals surface area (Å²) < 4.78 is 0. The van der Waals surface area contributed by atoms with Crippen LogP contribution in [0, 0.1) is 52.3 Å². The molecule has 5 aliphatic rings. The molecule has 0 aromatic heterocycles. The second-order valence-electron chi connectivity index (χ2n) is 12.1. The lowest BCUT2D eigenvalue weighted by atomic mass is 9.43. The number of allylic oxidation sites excluding steroid dienone is 2. The summed E-state index contributed by atoms with van der Waals surface area (Å²) in [5.41, 5.74) is 0.549. The van der Waals surface area contributed by atoms with Crippen LogP contribution in [0.3, 0.4) is 0 Å². The number of ketones is 1. The maximum Gasteiger partial charge on any atom is 0.139 e. The minimum atomic E-state index is 0.0267. The van der Waals surface area contributed by atoms with Crippen LogP contribution in [0.2, 0.25) is 0 Å². The van der Waals surface area contributed by atoms with Gasteiger partial charge in [-0.15, -0.1) is 0 Å². The highest BCUT2D eigenvalue weighted by Gasteiger charge is 2.61. The van der Waals surface area contributed by atoms with Crippen LogP contribution >= 0.6 is 0 Å². The highest BCUT2D eigenvalue weighted by atomic mass is 16.1. The van der Waals surface area contributed by atoms with Gasteiger partial charge < -0.3 is 5.32 Å². The number of Topliss-reactive ketones (excluding diaryl/α,β-unsaturated/α-hetero) is 1. The largest absolute Gasteiger partial charge is 0.317 e. The van der Waals surface area contributed by atoms with Crippen molar-refractivity contribution >= 4 is 5.78 Å². The average molecular weight is 398 g/mol. The Morgan fingerprint density at radius 2 is 1.62 bits per heavy atom. The maximum atomic E-state index is 12.7. The summed E-state index contributed by atoms with van der Waals surface area (Å²) in [6.07, 6.45) is 18.0. The van der Waals surface area contributed by atoms with E-state index in [2.05, 4.69) is 38.2 Å². The molecule has 1 heterocycles. The van der Waals surface area contributed by atoms with Gasteiger partial charge in [0.05, 0.1) is 0 Å². The second kappa shape index (κ2) is 7.50. The van der Waals surface area contributed by atoms with Crippen molar-refractivity contribution < 1.29 is 4.79 Å². The van der Waals surface area contributed by atoms with Gasteiger partial charge in [-0.3, -0.25) is 4.79 Å². The molecule has 4 aliphatic carbocycles. The molecule has 0 radical (unpaired) electrons. The van der Waals surface area contributed by atoms with Crippen LogP contribution in [0.25, 0.3) is 0 Å².